The van der Waals surface area contributed by atoms with E-state index in [9.17, 15) is 5.11 Å². The second kappa shape index (κ2) is 3.65. The minimum absolute atomic E-state index is 0.298. The summed E-state index contributed by atoms with van der Waals surface area (Å²) in [6, 6.07) is 3.99. The van der Waals surface area contributed by atoms with E-state index in [-0.39, 0.29) is 0 Å². The molecule has 0 aliphatic heterocycles. The molecule has 0 amide bonds. The summed E-state index contributed by atoms with van der Waals surface area (Å²) in [6.45, 7) is 9.67. The van der Waals surface area contributed by atoms with Crippen LogP contribution in [0.3, 0.4) is 0 Å². The average molecular weight is 176 g/mol. The molecule has 1 rings (SSSR count). The highest BCUT2D eigenvalue weighted by Crippen LogP contribution is 2.29. The van der Waals surface area contributed by atoms with E-state index in [1.165, 1.54) is 0 Å². The summed E-state index contributed by atoms with van der Waals surface area (Å²) in [6.07, 6.45) is 1.89. The number of benzene rings is 1. The maximum Gasteiger partial charge on any atom is 0.121 e. The van der Waals surface area contributed by atoms with E-state index in [4.69, 9.17) is 0 Å². The van der Waals surface area contributed by atoms with Crippen molar-refractivity contribution in [3.63, 3.8) is 0 Å². The molecule has 1 unspecified atom stereocenters. The summed E-state index contributed by atoms with van der Waals surface area (Å²) in [7, 11) is 0. The van der Waals surface area contributed by atoms with Crippen LogP contribution in [-0.4, -0.2) is 5.11 Å². The molecule has 13 heavy (non-hydrogen) atoms. The lowest BCUT2D eigenvalue weighted by atomic mass is 9.94. The lowest BCUT2D eigenvalue weighted by Gasteiger charge is -2.13. The largest absolute Gasteiger partial charge is 0.507 e. The molecule has 1 N–H and O–H groups in total. The third kappa shape index (κ3) is 1.74. The molecule has 0 bridgehead atoms. The first kappa shape index (κ1) is 9.85. The van der Waals surface area contributed by atoms with Crippen LogP contribution >= 0.6 is 0 Å². The molecule has 0 fully saturated rings. The van der Waals surface area contributed by atoms with Gasteiger partial charge in [-0.15, -0.1) is 6.58 Å². The third-order valence-electron chi connectivity index (χ3n) is 2.52. The van der Waals surface area contributed by atoms with Crippen LogP contribution in [0.4, 0.5) is 0 Å². The minimum Gasteiger partial charge on any atom is -0.507 e. The molecule has 70 valence electrons. The van der Waals surface area contributed by atoms with E-state index in [0.29, 0.717) is 11.7 Å². The molecule has 0 saturated heterocycles. The van der Waals surface area contributed by atoms with Crippen LogP contribution in [0.15, 0.2) is 24.8 Å². The highest BCUT2D eigenvalue weighted by atomic mass is 16.3. The summed E-state index contributed by atoms with van der Waals surface area (Å²) >= 11 is 0. The van der Waals surface area contributed by atoms with E-state index < -0.39 is 0 Å². The number of rotatable bonds is 2. The van der Waals surface area contributed by atoms with Gasteiger partial charge in [0.05, 0.1) is 0 Å². The van der Waals surface area contributed by atoms with Crippen molar-refractivity contribution in [2.24, 2.45) is 0 Å². The number of hydrogen-bond donors (Lipinski definition) is 1. The van der Waals surface area contributed by atoms with Crippen LogP contribution in [-0.2, 0) is 0 Å². The van der Waals surface area contributed by atoms with Gasteiger partial charge in [0.15, 0.2) is 0 Å². The lowest BCUT2D eigenvalue weighted by Crippen LogP contribution is -1.94. The fourth-order valence-electron chi connectivity index (χ4n) is 1.47. The van der Waals surface area contributed by atoms with Crippen molar-refractivity contribution in [1.29, 1.82) is 0 Å². The SMILES string of the molecule is C=CC(C)c1ccc(C)c(O)c1C. The van der Waals surface area contributed by atoms with Crippen LogP contribution in [0.2, 0.25) is 0 Å². The summed E-state index contributed by atoms with van der Waals surface area (Å²) in [5, 5.41) is 9.70. The van der Waals surface area contributed by atoms with Crippen LogP contribution in [0.5, 0.6) is 5.75 Å². The fraction of sp³-hybridized carbons (Fsp3) is 0.333. The molecule has 0 aliphatic rings. The van der Waals surface area contributed by atoms with Crippen molar-refractivity contribution >= 4 is 0 Å². The van der Waals surface area contributed by atoms with Gasteiger partial charge in [-0.2, -0.15) is 0 Å². The van der Waals surface area contributed by atoms with Gasteiger partial charge in [-0.05, 0) is 36.5 Å². The normalized spacial score (nSPS) is 12.5. The molecule has 0 aliphatic carbocycles. The zero-order valence-electron chi connectivity index (χ0n) is 8.46. The molecule has 0 heterocycles. The second-order valence-electron chi connectivity index (χ2n) is 3.47. The third-order valence-corrected chi connectivity index (χ3v) is 2.52. The second-order valence-corrected chi connectivity index (χ2v) is 3.47. The van der Waals surface area contributed by atoms with E-state index >= 15 is 0 Å². The average Bonchev–Trinajstić information content (AvgIpc) is 2.13. The number of aromatic hydroxyl groups is 1. The Balaban J connectivity index is 3.25. The lowest BCUT2D eigenvalue weighted by molar-refractivity contribution is 0.465. The Morgan fingerprint density at radius 1 is 1.38 bits per heavy atom. The molecule has 1 aromatic rings. The summed E-state index contributed by atoms with van der Waals surface area (Å²) < 4.78 is 0. The monoisotopic (exact) mass is 176 g/mol. The van der Waals surface area contributed by atoms with Crippen LogP contribution in [0.1, 0.15) is 29.5 Å². The number of phenolic OH excluding ortho intramolecular Hbond substituents is 1. The predicted molar refractivity (Wildman–Crippen MR) is 56.2 cm³/mol. The van der Waals surface area contributed by atoms with Crippen molar-refractivity contribution in [1.82, 2.24) is 0 Å². The summed E-state index contributed by atoms with van der Waals surface area (Å²) in [4.78, 5) is 0. The Hall–Kier alpha value is -1.24. The van der Waals surface area contributed by atoms with Crippen molar-refractivity contribution < 1.29 is 5.11 Å². The van der Waals surface area contributed by atoms with Gasteiger partial charge in [0, 0.05) is 0 Å². The molecule has 1 heteroatoms. The molecule has 1 aromatic carbocycles. The zero-order chi connectivity index (χ0) is 10.0. The molecule has 0 aromatic heterocycles. The number of hydrogen-bond acceptors (Lipinski definition) is 1. The first-order chi connectivity index (χ1) is 6.07. The maximum absolute atomic E-state index is 9.70. The van der Waals surface area contributed by atoms with Gasteiger partial charge in [-0.1, -0.05) is 25.1 Å². The summed E-state index contributed by atoms with van der Waals surface area (Å²) in [5.41, 5.74) is 3.04. The molecule has 0 spiro atoms. The van der Waals surface area contributed by atoms with Gasteiger partial charge in [-0.3, -0.25) is 0 Å². The predicted octanol–water partition coefficient (Wildman–Crippen LogP) is 3.30. The highest BCUT2D eigenvalue weighted by Gasteiger charge is 2.09. The van der Waals surface area contributed by atoms with Gasteiger partial charge >= 0.3 is 0 Å². The van der Waals surface area contributed by atoms with Gasteiger partial charge in [0.25, 0.3) is 0 Å². The maximum atomic E-state index is 9.70. The molecular weight excluding hydrogens is 160 g/mol. The quantitative estimate of drug-likeness (QED) is 0.685. The highest BCUT2D eigenvalue weighted by molar-refractivity contribution is 5.46. The minimum atomic E-state index is 0.298. The first-order valence-corrected chi connectivity index (χ1v) is 4.49. The Morgan fingerprint density at radius 3 is 2.54 bits per heavy atom. The summed E-state index contributed by atoms with van der Waals surface area (Å²) in [5.74, 6) is 0.706. The topological polar surface area (TPSA) is 20.2 Å². The van der Waals surface area contributed by atoms with E-state index in [1.807, 2.05) is 26.0 Å². The van der Waals surface area contributed by atoms with Gasteiger partial charge < -0.3 is 5.11 Å². The standard InChI is InChI=1S/C12H16O/c1-5-8(2)11-7-6-9(3)12(13)10(11)4/h5-8,13H,1H2,2-4H3. The smallest absolute Gasteiger partial charge is 0.121 e. The van der Waals surface area contributed by atoms with Crippen LogP contribution in [0, 0.1) is 13.8 Å². The van der Waals surface area contributed by atoms with Crippen LogP contribution in [0.25, 0.3) is 0 Å². The molecule has 0 radical (unpaired) electrons. The first-order valence-electron chi connectivity index (χ1n) is 4.49. The van der Waals surface area contributed by atoms with Crippen molar-refractivity contribution in [3.05, 3.63) is 41.5 Å². The molecular formula is C12H16O. The van der Waals surface area contributed by atoms with E-state index in [0.717, 1.165) is 16.7 Å². The molecule has 0 saturated carbocycles. The zero-order valence-corrected chi connectivity index (χ0v) is 8.46. The molecule has 1 nitrogen and oxygen atoms in total. The van der Waals surface area contributed by atoms with Crippen molar-refractivity contribution in [2.75, 3.05) is 0 Å². The number of phenols is 1. The fourth-order valence-corrected chi connectivity index (χ4v) is 1.47. The Labute approximate surface area is 79.7 Å². The van der Waals surface area contributed by atoms with Gasteiger partial charge in [0.1, 0.15) is 5.75 Å². The Kier molecular flexibility index (Phi) is 2.76. The molecule has 1 atom stereocenters. The van der Waals surface area contributed by atoms with E-state index in [2.05, 4.69) is 19.6 Å². The number of aryl methyl sites for hydroxylation is 1. The van der Waals surface area contributed by atoms with Gasteiger partial charge in [-0.25, -0.2) is 0 Å². The number of allylic oxidation sites excluding steroid dienone is 1. The van der Waals surface area contributed by atoms with Gasteiger partial charge in [0.2, 0.25) is 0 Å². The van der Waals surface area contributed by atoms with Crippen molar-refractivity contribution in [2.45, 2.75) is 26.7 Å². The van der Waals surface area contributed by atoms with E-state index in [1.54, 1.807) is 0 Å². The van der Waals surface area contributed by atoms with Crippen molar-refractivity contribution in [3.8, 4) is 5.75 Å². The van der Waals surface area contributed by atoms with Crippen LogP contribution < -0.4 is 0 Å². The Bertz CT molecular complexity index is 326. The Morgan fingerprint density at radius 2 is 2.00 bits per heavy atom.